The number of rotatable bonds is 7. The number of methoxy groups -OCH3 is 1. The van der Waals surface area contributed by atoms with Crippen LogP contribution in [-0.2, 0) is 9.53 Å². The van der Waals surface area contributed by atoms with Gasteiger partial charge in [-0.05, 0) is 18.6 Å². The van der Waals surface area contributed by atoms with Crippen LogP contribution in [-0.4, -0.2) is 63.8 Å². The van der Waals surface area contributed by atoms with E-state index in [9.17, 15) is 9.59 Å². The number of ether oxygens (including phenoxy) is 3. The molecule has 132 valence electrons. The van der Waals surface area contributed by atoms with Crippen molar-refractivity contribution < 1.29 is 23.8 Å². The fourth-order valence-corrected chi connectivity index (χ4v) is 2.51. The number of nitrogens with one attached hydrogen (secondary N) is 1. The number of carbonyl (C=O) groups excluding carboxylic acids is 2. The Bertz CT molecular complexity index is 608. The van der Waals surface area contributed by atoms with Gasteiger partial charge in [-0.25, -0.2) is 0 Å². The minimum Gasteiger partial charge on any atom is -0.486 e. The van der Waals surface area contributed by atoms with Crippen LogP contribution in [0.25, 0.3) is 0 Å². The minimum atomic E-state index is -0.319. The number of amides is 2. The summed E-state index contributed by atoms with van der Waals surface area (Å²) in [6.07, 6.45) is 0.720. The van der Waals surface area contributed by atoms with Crippen LogP contribution in [0.15, 0.2) is 12.1 Å². The van der Waals surface area contributed by atoms with E-state index in [1.807, 2.05) is 0 Å². The summed E-state index contributed by atoms with van der Waals surface area (Å²) < 4.78 is 15.8. The summed E-state index contributed by atoms with van der Waals surface area (Å²) in [7, 11) is 3.16. The zero-order valence-electron chi connectivity index (χ0n) is 13.8. The van der Waals surface area contributed by atoms with Crippen LogP contribution in [0.1, 0.15) is 16.8 Å². The lowest BCUT2D eigenvalue weighted by Crippen LogP contribution is -2.38. The van der Waals surface area contributed by atoms with Crippen LogP contribution >= 0.6 is 11.6 Å². The van der Waals surface area contributed by atoms with E-state index < -0.39 is 0 Å². The van der Waals surface area contributed by atoms with Crippen molar-refractivity contribution in [2.24, 2.45) is 0 Å². The molecule has 1 heterocycles. The summed E-state index contributed by atoms with van der Waals surface area (Å²) in [5.74, 6) is 0.332. The van der Waals surface area contributed by atoms with Crippen molar-refractivity contribution in [3.8, 4) is 11.5 Å². The van der Waals surface area contributed by atoms with Gasteiger partial charge in [0, 0.05) is 32.9 Å². The standard InChI is InChI=1S/C16H21ClN2O5/c1-19(10-14(20)18-4-3-5-22-2)16(21)11-8-12(17)15-13(9-11)23-6-7-24-15/h8-9H,3-7,10H2,1-2H3,(H,18,20). The summed E-state index contributed by atoms with van der Waals surface area (Å²) in [6, 6.07) is 3.10. The molecule has 0 bridgehead atoms. The van der Waals surface area contributed by atoms with Gasteiger partial charge in [0.25, 0.3) is 5.91 Å². The minimum absolute atomic E-state index is 0.0438. The summed E-state index contributed by atoms with van der Waals surface area (Å²) in [5, 5.41) is 3.05. The lowest BCUT2D eigenvalue weighted by Gasteiger charge is -2.22. The first-order valence-corrected chi connectivity index (χ1v) is 8.01. The molecule has 0 aliphatic carbocycles. The first-order chi connectivity index (χ1) is 11.5. The van der Waals surface area contributed by atoms with E-state index in [2.05, 4.69) is 5.32 Å². The van der Waals surface area contributed by atoms with Gasteiger partial charge in [-0.1, -0.05) is 11.6 Å². The maximum absolute atomic E-state index is 12.5. The van der Waals surface area contributed by atoms with E-state index in [0.29, 0.717) is 48.5 Å². The molecule has 0 radical (unpaired) electrons. The predicted molar refractivity (Wildman–Crippen MR) is 88.9 cm³/mol. The molecule has 1 aliphatic heterocycles. The molecule has 0 spiro atoms. The van der Waals surface area contributed by atoms with Crippen molar-refractivity contribution in [2.45, 2.75) is 6.42 Å². The van der Waals surface area contributed by atoms with Crippen LogP contribution in [0.5, 0.6) is 11.5 Å². The summed E-state index contributed by atoms with van der Waals surface area (Å²) >= 11 is 6.13. The molecule has 8 heteroatoms. The Morgan fingerprint density at radius 2 is 2.08 bits per heavy atom. The lowest BCUT2D eigenvalue weighted by molar-refractivity contribution is -0.121. The third-order valence-corrected chi connectivity index (χ3v) is 3.70. The number of halogens is 1. The highest BCUT2D eigenvalue weighted by Crippen LogP contribution is 2.38. The smallest absolute Gasteiger partial charge is 0.254 e. The number of nitrogens with zero attached hydrogens (tertiary/aromatic N) is 1. The van der Waals surface area contributed by atoms with E-state index >= 15 is 0 Å². The first-order valence-electron chi connectivity index (χ1n) is 7.63. The Kier molecular flexibility index (Phi) is 6.69. The highest BCUT2D eigenvalue weighted by molar-refractivity contribution is 6.32. The number of likely N-dealkylation sites (N-methyl/N-ethyl adjacent to an activating group) is 1. The molecule has 24 heavy (non-hydrogen) atoms. The summed E-state index contributed by atoms with van der Waals surface area (Å²) in [6.45, 7) is 1.86. The van der Waals surface area contributed by atoms with Crippen molar-refractivity contribution in [2.75, 3.05) is 47.1 Å². The molecule has 0 fully saturated rings. The highest BCUT2D eigenvalue weighted by Gasteiger charge is 2.21. The van der Waals surface area contributed by atoms with Crippen LogP contribution in [0, 0.1) is 0 Å². The Balaban J connectivity index is 1.95. The summed E-state index contributed by atoms with van der Waals surface area (Å²) in [4.78, 5) is 25.6. The Labute approximate surface area is 145 Å². The monoisotopic (exact) mass is 356 g/mol. The molecular formula is C16H21ClN2O5. The zero-order chi connectivity index (χ0) is 17.5. The molecular weight excluding hydrogens is 336 g/mol. The molecule has 1 aromatic rings. The van der Waals surface area contributed by atoms with Crippen LogP contribution in [0.3, 0.4) is 0 Å². The largest absolute Gasteiger partial charge is 0.486 e. The third-order valence-electron chi connectivity index (χ3n) is 3.42. The van der Waals surface area contributed by atoms with E-state index in [0.717, 1.165) is 6.42 Å². The van der Waals surface area contributed by atoms with E-state index in [4.69, 9.17) is 25.8 Å². The van der Waals surface area contributed by atoms with Gasteiger partial charge in [0.1, 0.15) is 13.2 Å². The molecule has 1 N–H and O–H groups in total. The van der Waals surface area contributed by atoms with Gasteiger partial charge in [-0.3, -0.25) is 9.59 Å². The van der Waals surface area contributed by atoms with Gasteiger partial charge < -0.3 is 24.4 Å². The predicted octanol–water partition coefficient (Wildman–Crippen LogP) is 1.34. The second kappa shape index (κ2) is 8.75. The summed E-state index contributed by atoms with van der Waals surface area (Å²) in [5.41, 5.74) is 0.346. The number of hydrogen-bond donors (Lipinski definition) is 1. The first kappa shape index (κ1) is 18.4. The van der Waals surface area contributed by atoms with Gasteiger partial charge in [-0.2, -0.15) is 0 Å². The maximum atomic E-state index is 12.5. The Morgan fingerprint density at radius 1 is 1.33 bits per heavy atom. The number of carbonyl (C=O) groups is 2. The Hall–Kier alpha value is -1.99. The van der Waals surface area contributed by atoms with E-state index in [1.54, 1.807) is 20.2 Å². The van der Waals surface area contributed by atoms with Crippen LogP contribution < -0.4 is 14.8 Å². The maximum Gasteiger partial charge on any atom is 0.254 e. The van der Waals surface area contributed by atoms with Gasteiger partial charge in [-0.15, -0.1) is 0 Å². The molecule has 2 rings (SSSR count). The zero-order valence-corrected chi connectivity index (χ0v) is 14.5. The SMILES string of the molecule is COCCCNC(=O)CN(C)C(=O)c1cc(Cl)c2c(c1)OCCO2. The molecule has 1 aliphatic rings. The van der Waals surface area contributed by atoms with Crippen molar-refractivity contribution in [3.05, 3.63) is 22.7 Å². The number of fused-ring (bicyclic) bond motifs is 1. The van der Waals surface area contributed by atoms with Crippen LogP contribution in [0.2, 0.25) is 5.02 Å². The fraction of sp³-hybridized carbons (Fsp3) is 0.500. The van der Waals surface area contributed by atoms with Crippen LogP contribution in [0.4, 0.5) is 0 Å². The lowest BCUT2D eigenvalue weighted by atomic mass is 10.1. The van der Waals surface area contributed by atoms with Gasteiger partial charge in [0.2, 0.25) is 5.91 Å². The molecule has 0 saturated carbocycles. The van der Waals surface area contributed by atoms with Crippen molar-refractivity contribution in [1.82, 2.24) is 10.2 Å². The number of benzene rings is 1. The van der Waals surface area contributed by atoms with Gasteiger partial charge in [0.05, 0.1) is 11.6 Å². The molecule has 2 amide bonds. The topological polar surface area (TPSA) is 77.1 Å². The fourth-order valence-electron chi connectivity index (χ4n) is 2.24. The molecule has 0 aromatic heterocycles. The van der Waals surface area contributed by atoms with Gasteiger partial charge >= 0.3 is 0 Å². The van der Waals surface area contributed by atoms with E-state index in [-0.39, 0.29) is 18.4 Å². The van der Waals surface area contributed by atoms with Crippen molar-refractivity contribution in [1.29, 1.82) is 0 Å². The highest BCUT2D eigenvalue weighted by atomic mass is 35.5. The van der Waals surface area contributed by atoms with Crippen molar-refractivity contribution >= 4 is 23.4 Å². The molecule has 1 aromatic carbocycles. The molecule has 0 unspecified atom stereocenters. The quantitative estimate of drug-likeness (QED) is 0.746. The molecule has 0 atom stereocenters. The number of hydrogen-bond acceptors (Lipinski definition) is 5. The second-order valence-corrected chi connectivity index (χ2v) is 5.75. The second-order valence-electron chi connectivity index (χ2n) is 5.34. The van der Waals surface area contributed by atoms with Crippen molar-refractivity contribution in [3.63, 3.8) is 0 Å². The van der Waals surface area contributed by atoms with Gasteiger partial charge in [0.15, 0.2) is 11.5 Å². The average Bonchev–Trinajstić information content (AvgIpc) is 2.58. The average molecular weight is 357 g/mol. The normalized spacial score (nSPS) is 12.6. The third kappa shape index (κ3) is 4.75. The molecule has 7 nitrogen and oxygen atoms in total. The molecule has 0 saturated heterocycles. The van der Waals surface area contributed by atoms with E-state index in [1.165, 1.54) is 11.0 Å². The Morgan fingerprint density at radius 3 is 2.83 bits per heavy atom.